The van der Waals surface area contributed by atoms with Crippen LogP contribution in [0.1, 0.15) is 104 Å². The number of Topliss-reactive ketones (excluding diaryl/α,β-unsaturated/α-hetero) is 3. The average molecular weight is 2060 g/mol. The van der Waals surface area contributed by atoms with Crippen LogP contribution < -0.4 is 96.6 Å². The van der Waals surface area contributed by atoms with E-state index >= 15 is 0 Å². The predicted octanol–water partition coefficient (Wildman–Crippen LogP) is -1.05. The first-order valence-corrected chi connectivity index (χ1v) is 48.3. The molecule has 138 heavy (non-hydrogen) atoms. The first kappa shape index (κ1) is 107. The minimum atomic E-state index is -1.80. The number of oxime groups is 3. The summed E-state index contributed by atoms with van der Waals surface area (Å²) in [5, 5.41) is 85.2. The molecule has 0 aliphatic carbocycles. The second-order valence-electron chi connectivity index (χ2n) is 32.3. The molecule has 6 aromatic rings. The molecule has 12 rings (SSSR count). The highest BCUT2D eigenvalue weighted by Gasteiger charge is 2.56. The molecule has 738 valence electrons. The Bertz CT molecular complexity index is 6020. The van der Waals surface area contributed by atoms with Crippen molar-refractivity contribution in [3.63, 3.8) is 0 Å². The van der Waals surface area contributed by atoms with Gasteiger partial charge in [0.05, 0.1) is 68.9 Å². The zero-order valence-electron chi connectivity index (χ0n) is 74.7. The highest BCUT2D eigenvalue weighted by atomic mass is 35.5. The van der Waals surface area contributed by atoms with Crippen LogP contribution in [-0.2, 0) is 91.7 Å². The summed E-state index contributed by atoms with van der Waals surface area (Å²) in [5.74, 6) is -13.4. The fourth-order valence-corrected chi connectivity index (χ4v) is 20.0. The molecule has 6 aliphatic heterocycles. The van der Waals surface area contributed by atoms with Crippen LogP contribution in [0, 0.1) is 17.8 Å². The maximum absolute atomic E-state index is 13.5. The van der Waals surface area contributed by atoms with Crippen molar-refractivity contribution in [2.45, 2.75) is 139 Å². The van der Waals surface area contributed by atoms with Gasteiger partial charge in [0.1, 0.15) is 81.0 Å². The Labute approximate surface area is 821 Å². The van der Waals surface area contributed by atoms with Crippen molar-refractivity contribution < 1.29 is 116 Å². The molecule has 6 aromatic heterocycles. The van der Waals surface area contributed by atoms with Crippen LogP contribution in [0.2, 0.25) is 8.67 Å². The van der Waals surface area contributed by atoms with E-state index in [9.17, 15) is 88.2 Å². The largest absolute Gasteiger partial charge is 0.543 e. The molecular weight excluding hydrogens is 1960 g/mol. The van der Waals surface area contributed by atoms with Crippen LogP contribution in [0.4, 0.5) is 49.9 Å². The van der Waals surface area contributed by atoms with Crippen LogP contribution in [0.3, 0.4) is 0 Å². The van der Waals surface area contributed by atoms with Crippen LogP contribution in [0.25, 0.3) is 0 Å². The van der Waals surface area contributed by atoms with Crippen molar-refractivity contribution >= 4 is 230 Å². The van der Waals surface area contributed by atoms with Crippen molar-refractivity contribution in [3.8, 4) is 0 Å². The summed E-state index contributed by atoms with van der Waals surface area (Å²) < 4.78 is 5.29. The van der Waals surface area contributed by atoms with Crippen LogP contribution in [-0.4, -0.2) is 237 Å². The van der Waals surface area contributed by atoms with Gasteiger partial charge in [0, 0.05) is 61.5 Å². The smallest absolute Gasteiger partial charge is 0.350 e. The van der Waals surface area contributed by atoms with Gasteiger partial charge in [-0.05, 0) is 137 Å². The maximum Gasteiger partial charge on any atom is 0.350 e. The number of thioether (sulfide) groups is 3. The third-order valence-corrected chi connectivity index (χ3v) is 27.9. The third-order valence-electron chi connectivity index (χ3n) is 21.0. The van der Waals surface area contributed by atoms with Gasteiger partial charge < -0.3 is 127 Å². The number of nitrogen functional groups attached to an aromatic ring is 6. The van der Waals surface area contributed by atoms with E-state index in [0.717, 1.165) is 74.4 Å². The number of anilines is 9. The fourth-order valence-electron chi connectivity index (χ4n) is 13.4. The van der Waals surface area contributed by atoms with E-state index in [1.54, 1.807) is 81.4 Å². The lowest BCUT2D eigenvalue weighted by Gasteiger charge is -2.50. The number of carbonyl (C=O) groups excluding carboxylic acids is 9. The molecule has 0 radical (unpaired) electrons. The van der Waals surface area contributed by atoms with E-state index in [0.29, 0.717) is 110 Å². The monoisotopic (exact) mass is 2060 g/mol. The first-order chi connectivity index (χ1) is 65.3. The number of halogens is 2. The van der Waals surface area contributed by atoms with Gasteiger partial charge in [-0.25, -0.2) is 43.0 Å². The Morgan fingerprint density at radius 1 is 0.478 bits per heavy atom. The number of amides is 3. The van der Waals surface area contributed by atoms with Gasteiger partial charge in [-0.3, -0.25) is 43.5 Å². The lowest BCUT2D eigenvalue weighted by Crippen LogP contribution is -2.63. The minimum absolute atomic E-state index is 0.0144. The molecule has 3 saturated heterocycles. The number of nitrogens with zero attached hydrogens (tertiary/aromatic N) is 15. The van der Waals surface area contributed by atoms with E-state index in [-0.39, 0.29) is 87.6 Å². The molecule has 3 amide bonds. The van der Waals surface area contributed by atoms with Gasteiger partial charge in [-0.15, -0.1) is 46.6 Å². The van der Waals surface area contributed by atoms with Crippen LogP contribution >= 0.6 is 92.5 Å². The highest BCUT2D eigenvalue weighted by molar-refractivity contribution is 8.00. The Balaban J connectivity index is 0.000000214. The first-order valence-electron chi connectivity index (χ1n) is 41.9. The summed E-state index contributed by atoms with van der Waals surface area (Å²) in [7, 11) is 0. The lowest BCUT2D eigenvalue weighted by molar-refractivity contribution is -0.689. The fraction of sp³-hybridized carbons (Fsp3) is 0.415. The van der Waals surface area contributed by atoms with Gasteiger partial charge in [0.15, 0.2) is 49.9 Å². The number of carboxylic acid groups (broad SMARTS) is 6. The standard InChI is InChI=1S/C28H34ClN9O7S2.C27H32ClN9O7S2.C27H33N9O7S2/c1-28(2,26(43)44)45-36-18(19-21(29)47-27(32)35-19)17(39)10-15-23(40)38-20(25(41)42)14(12-46-24(15)38)6-5-9-37-11-16(22(31)34-13-37)33-8-4-3-7-30;1-27(2,25(42)43)44-35-17(18-20(28)46-26(31)34-18)16(38)9-14-22(39)37-19(24(40)41)13(11-45-23(14)37)5-3-8-36-10-15(21(30)33-12-36)32-7-4-6-29;1-27(2,25(41)42)43-34-19(17-12-45-26(30)33-17)18(37)9-15-22(38)36-20(24(39)40)14(11-44-23(15)36)5-3-8-35-10-16(21(29)32-13-35)31-7-4-6-28/h5-6,11,13,15,24,31,33H,3-4,7-10,12,30H2,1-2H3,(H4,32,35,41,42,43,44);3,5,10,12,14,23,30,32H,4,6-9,11,29H2,1-2H3,(H4,31,34,40,41,42,43);3,5,10,12-13,15,23,29,31H,4,6-9,11,28H2,1-2H3,(H4,30,33,39,40,41,42)/b6-5+,36-18+;5-3+,35-17+;5-3+,34-19-/t15-,24?;14-,23?;15-,23?/m111/s1. The number of ketones is 3. The van der Waals surface area contributed by atoms with E-state index in [1.807, 2.05) is 0 Å². The number of thiazole rings is 3. The topological polar surface area (TPSA) is 768 Å². The van der Waals surface area contributed by atoms with Crippen LogP contribution in [0.15, 0.2) is 129 Å². The summed E-state index contributed by atoms with van der Waals surface area (Å²) in [6, 6.07) is 0. The number of carboxylic acids is 6. The molecule has 24 N–H and O–H groups in total. The number of nitrogens with two attached hydrogens (primary N) is 9. The number of hydrogen-bond acceptors (Lipinski definition) is 45. The SMILES string of the molecule is CC(C)(O/N=C(\C(=O)C[C@@H]1C(=O)N2C(C(=O)[O-])=C(/C=C/C[n+]3cnc(N)c(NCCCCN)c3)CSC12)c1nc(N)sc1Cl)C(=O)O.CC(C)(O/N=C(\C(=O)C[C@@H]1C(=O)N2C(C(=O)[O-])=C(/C=C/C[n+]3cnc(N)c(NCCCN)c3)CSC12)c1csc(N)n1)C(=O)O.CC(C)(O/N=C(\C(=O)C[C@@H]1C(=O)N2C(C(=O)[O-])=C(/C=C/C[n+]3cnc(N)c(NCCCN)c3)CSC12)c1nc(N)sc1Cl)C(=O)O. The number of β-lactam (4-membered cyclic amide) rings is 3. The summed E-state index contributed by atoms with van der Waals surface area (Å²) in [6.07, 6.45) is 22.1. The van der Waals surface area contributed by atoms with Gasteiger partial charge in [0.25, 0.3) is 36.4 Å². The Morgan fingerprint density at radius 3 is 1.06 bits per heavy atom. The second kappa shape index (κ2) is 47.3. The quantitative estimate of drug-likeness (QED) is 0.00713. The molecule has 12 heterocycles. The molecule has 0 aromatic carbocycles. The number of hydrogen-bond donors (Lipinski definition) is 15. The Kier molecular flexibility index (Phi) is 36.7. The molecule has 0 spiro atoms. The Hall–Kier alpha value is -13.1. The van der Waals surface area contributed by atoms with Gasteiger partial charge in [0.2, 0.25) is 34.5 Å². The van der Waals surface area contributed by atoms with Crippen molar-refractivity contribution in [1.29, 1.82) is 0 Å². The second-order valence-corrected chi connectivity index (χ2v) is 39.7. The highest BCUT2D eigenvalue weighted by Crippen LogP contribution is 2.49. The number of carbonyl (C=O) groups is 12. The number of aromatic nitrogens is 9. The average Bonchev–Trinajstić information content (AvgIpc) is 0.819. The number of aliphatic carboxylic acids is 6. The molecule has 3 unspecified atom stereocenters. The van der Waals surface area contributed by atoms with Gasteiger partial charge >= 0.3 is 17.9 Å². The summed E-state index contributed by atoms with van der Waals surface area (Å²) in [5.41, 5.74) is 47.2. The van der Waals surface area contributed by atoms with Crippen LogP contribution in [0.5, 0.6) is 0 Å². The molecule has 56 heteroatoms. The number of unbranched alkanes of at least 4 members (excludes halogenated alkanes) is 1. The van der Waals surface area contributed by atoms with Gasteiger partial charge in [-0.1, -0.05) is 79.6 Å². The number of allylic oxidation sites excluding steroid dienone is 6. The van der Waals surface area contributed by atoms with Crippen molar-refractivity contribution in [2.24, 2.45) is 50.4 Å². The third kappa shape index (κ3) is 26.2. The predicted molar refractivity (Wildman–Crippen MR) is 507 cm³/mol. The zero-order chi connectivity index (χ0) is 101. The van der Waals surface area contributed by atoms with Crippen molar-refractivity contribution in [2.75, 3.05) is 107 Å². The van der Waals surface area contributed by atoms with Crippen molar-refractivity contribution in [3.05, 3.63) is 139 Å². The molecule has 6 atom stereocenters. The molecule has 6 aliphatic rings. The summed E-state index contributed by atoms with van der Waals surface area (Å²) in [6.45, 7) is 12.0. The van der Waals surface area contributed by atoms with E-state index in [1.165, 1.54) is 88.5 Å². The number of fused-ring (bicyclic) bond motifs is 3. The molecular formula is C82H99Cl2N27O21S6. The Morgan fingerprint density at radius 2 is 0.783 bits per heavy atom. The maximum atomic E-state index is 13.5. The van der Waals surface area contributed by atoms with Crippen molar-refractivity contribution in [1.82, 2.24) is 44.6 Å². The van der Waals surface area contributed by atoms with E-state index in [2.05, 4.69) is 61.3 Å². The number of nitrogens with one attached hydrogen (secondary N) is 3. The molecule has 0 saturated carbocycles. The normalized spacial score (nSPS) is 18.4. The molecule has 48 nitrogen and oxygen atoms in total. The zero-order valence-corrected chi connectivity index (χ0v) is 81.1. The van der Waals surface area contributed by atoms with Gasteiger partial charge in [-0.2, -0.15) is 0 Å². The molecule has 0 bridgehead atoms. The molecule has 3 fully saturated rings. The number of rotatable bonds is 46. The van der Waals surface area contributed by atoms with E-state index in [4.69, 9.17) is 89.3 Å². The summed E-state index contributed by atoms with van der Waals surface area (Å²) >= 11 is 19.1. The minimum Gasteiger partial charge on any atom is -0.543 e. The summed E-state index contributed by atoms with van der Waals surface area (Å²) in [4.78, 5) is 194. The van der Waals surface area contributed by atoms with E-state index < -0.39 is 146 Å². The lowest BCUT2D eigenvalue weighted by atomic mass is 9.89.